The summed E-state index contributed by atoms with van der Waals surface area (Å²) in [5, 5.41) is 26.0. The zero-order valence-electron chi connectivity index (χ0n) is 19.0. The van der Waals surface area contributed by atoms with Crippen LogP contribution in [0.1, 0.15) is 32.7 Å². The van der Waals surface area contributed by atoms with E-state index in [0.29, 0.717) is 17.0 Å². The number of aromatic carboxylic acids is 1. The second-order valence-electron chi connectivity index (χ2n) is 7.47. The molecule has 2 aromatic heterocycles. The number of aromatic amines is 1. The molecule has 2 aromatic carbocycles. The molecule has 4 rings (SSSR count). The third-order valence-corrected chi connectivity index (χ3v) is 6.18. The maximum absolute atomic E-state index is 15.5. The molecule has 6 N–H and O–H groups in total. The van der Waals surface area contributed by atoms with Crippen LogP contribution in [0.5, 0.6) is 11.5 Å². The van der Waals surface area contributed by atoms with Gasteiger partial charge in [0.2, 0.25) is 0 Å². The Morgan fingerprint density at radius 1 is 1.25 bits per heavy atom. The van der Waals surface area contributed by atoms with Gasteiger partial charge in [0.25, 0.3) is 0 Å². The standard InChI is InChI=1S/C23H21FN6O5S/c1-34-13-9-14(17(24)16(10-13)35-2)18(27-12-5-3-11(4-6-12)20(25)26)21-28-23(33)30(29-21)15-7-8-36-19(15)22(31)32/h3-10,18,27H,1-2H3,(H3,25,26)(H,31,32)(H,28,29,33). The molecule has 0 aliphatic heterocycles. The zero-order valence-corrected chi connectivity index (χ0v) is 19.9. The van der Waals surface area contributed by atoms with Crippen molar-refractivity contribution in [1.82, 2.24) is 14.8 Å². The minimum absolute atomic E-state index is 0.00684. The number of hydrogen-bond donors (Lipinski definition) is 5. The maximum Gasteiger partial charge on any atom is 0.348 e. The van der Waals surface area contributed by atoms with Crippen molar-refractivity contribution in [1.29, 1.82) is 5.41 Å². The first kappa shape index (κ1) is 24.5. The van der Waals surface area contributed by atoms with Crippen molar-refractivity contribution in [3.05, 3.63) is 86.0 Å². The molecule has 1 atom stereocenters. The Morgan fingerprint density at radius 3 is 2.58 bits per heavy atom. The number of nitrogens with two attached hydrogens (primary N) is 1. The van der Waals surface area contributed by atoms with Gasteiger partial charge in [0.15, 0.2) is 17.4 Å². The molecule has 0 spiro atoms. The van der Waals surface area contributed by atoms with E-state index in [4.69, 9.17) is 20.6 Å². The molecular formula is C23H21FN6O5S. The largest absolute Gasteiger partial charge is 0.497 e. The molecule has 0 saturated carbocycles. The summed E-state index contributed by atoms with van der Waals surface area (Å²) < 4.78 is 26.8. The molecule has 0 aliphatic rings. The number of hydrogen-bond acceptors (Lipinski definition) is 8. The Kier molecular flexibility index (Phi) is 6.74. The molecule has 186 valence electrons. The van der Waals surface area contributed by atoms with E-state index in [9.17, 15) is 14.7 Å². The van der Waals surface area contributed by atoms with E-state index >= 15 is 4.39 Å². The van der Waals surface area contributed by atoms with Gasteiger partial charge in [-0.25, -0.2) is 14.0 Å². The number of nitrogen functional groups attached to an aromatic ring is 1. The minimum atomic E-state index is -1.21. The SMILES string of the molecule is COc1cc(OC)c(F)c(C(Nc2ccc(C(=N)N)cc2)c2nn(-c3ccsc3C(=O)O)c(=O)[nH]2)c1. The lowest BCUT2D eigenvalue weighted by atomic mass is 10.0. The van der Waals surface area contributed by atoms with Crippen LogP contribution in [0.4, 0.5) is 10.1 Å². The molecule has 4 aromatic rings. The van der Waals surface area contributed by atoms with Gasteiger partial charge in [-0.3, -0.25) is 10.4 Å². The van der Waals surface area contributed by atoms with Crippen LogP contribution < -0.4 is 26.2 Å². The second-order valence-corrected chi connectivity index (χ2v) is 8.38. The van der Waals surface area contributed by atoms with Crippen LogP contribution in [-0.4, -0.2) is 45.9 Å². The number of H-pyrrole nitrogens is 1. The fourth-order valence-electron chi connectivity index (χ4n) is 3.54. The van der Waals surface area contributed by atoms with Gasteiger partial charge in [0.05, 0.1) is 19.9 Å². The number of anilines is 1. The van der Waals surface area contributed by atoms with Crippen LogP contribution in [0.2, 0.25) is 0 Å². The van der Waals surface area contributed by atoms with Gasteiger partial charge in [-0.1, -0.05) is 0 Å². The molecule has 2 heterocycles. The number of aromatic nitrogens is 3. The normalized spacial score (nSPS) is 11.6. The molecule has 13 heteroatoms. The molecule has 1 unspecified atom stereocenters. The van der Waals surface area contributed by atoms with Crippen molar-refractivity contribution in [2.45, 2.75) is 6.04 Å². The average Bonchev–Trinajstić information content (AvgIpc) is 3.50. The van der Waals surface area contributed by atoms with Gasteiger partial charge in [0, 0.05) is 22.9 Å². The van der Waals surface area contributed by atoms with Crippen molar-refractivity contribution in [3.63, 3.8) is 0 Å². The van der Waals surface area contributed by atoms with Crippen molar-refractivity contribution < 1.29 is 23.8 Å². The van der Waals surface area contributed by atoms with E-state index in [-0.39, 0.29) is 33.5 Å². The van der Waals surface area contributed by atoms with Gasteiger partial charge >= 0.3 is 11.7 Å². The number of carboxylic acids is 1. The van der Waals surface area contributed by atoms with E-state index in [0.717, 1.165) is 16.0 Å². The van der Waals surface area contributed by atoms with Crippen molar-refractivity contribution >= 4 is 28.8 Å². The van der Waals surface area contributed by atoms with Gasteiger partial charge in [0.1, 0.15) is 22.5 Å². The summed E-state index contributed by atoms with van der Waals surface area (Å²) >= 11 is 0.944. The molecule has 11 nitrogen and oxygen atoms in total. The highest BCUT2D eigenvalue weighted by Crippen LogP contribution is 2.35. The fourth-order valence-corrected chi connectivity index (χ4v) is 4.25. The second kappa shape index (κ2) is 9.92. The lowest BCUT2D eigenvalue weighted by molar-refractivity contribution is 0.0702. The van der Waals surface area contributed by atoms with E-state index in [1.54, 1.807) is 24.3 Å². The number of methoxy groups -OCH3 is 2. The Bertz CT molecular complexity index is 1490. The first-order valence-corrected chi connectivity index (χ1v) is 11.2. The van der Waals surface area contributed by atoms with E-state index < -0.39 is 23.5 Å². The number of benzene rings is 2. The highest BCUT2D eigenvalue weighted by molar-refractivity contribution is 7.12. The maximum atomic E-state index is 15.5. The molecule has 0 amide bonds. The lowest BCUT2D eigenvalue weighted by Crippen LogP contribution is -2.17. The number of rotatable bonds is 9. The van der Waals surface area contributed by atoms with Crippen LogP contribution in [0.15, 0.2) is 52.6 Å². The first-order valence-electron chi connectivity index (χ1n) is 10.4. The number of ether oxygens (including phenoxy) is 2. The number of thiophene rings is 1. The summed E-state index contributed by atoms with van der Waals surface area (Å²) in [6, 6.07) is 9.70. The summed E-state index contributed by atoms with van der Waals surface area (Å²) in [6.07, 6.45) is 0. The molecule has 0 saturated heterocycles. The predicted octanol–water partition coefficient (Wildman–Crippen LogP) is 2.96. The molecule has 0 bridgehead atoms. The highest BCUT2D eigenvalue weighted by atomic mass is 32.1. The fraction of sp³-hybridized carbons (Fsp3) is 0.130. The predicted molar refractivity (Wildman–Crippen MR) is 131 cm³/mol. The van der Waals surface area contributed by atoms with Crippen LogP contribution in [0.3, 0.4) is 0 Å². The lowest BCUT2D eigenvalue weighted by Gasteiger charge is -2.21. The number of nitrogens with zero attached hydrogens (tertiary/aromatic N) is 2. The summed E-state index contributed by atoms with van der Waals surface area (Å²) in [6.45, 7) is 0. The zero-order chi connectivity index (χ0) is 26.0. The van der Waals surface area contributed by atoms with Gasteiger partial charge in [-0.05, 0) is 41.8 Å². The van der Waals surface area contributed by atoms with Gasteiger partial charge in [-0.2, -0.15) is 4.68 Å². The quantitative estimate of drug-likeness (QED) is 0.168. The average molecular weight is 513 g/mol. The van der Waals surface area contributed by atoms with Gasteiger partial charge < -0.3 is 25.6 Å². The molecule has 36 heavy (non-hydrogen) atoms. The molecule has 0 fully saturated rings. The van der Waals surface area contributed by atoms with Crippen molar-refractivity contribution in [3.8, 4) is 17.2 Å². The first-order chi connectivity index (χ1) is 17.2. The summed E-state index contributed by atoms with van der Waals surface area (Å²) in [7, 11) is 2.73. The topological polar surface area (TPSA) is 168 Å². The monoisotopic (exact) mass is 512 g/mol. The van der Waals surface area contributed by atoms with E-state index in [1.165, 1.54) is 37.8 Å². The Morgan fingerprint density at radius 2 is 1.97 bits per heavy atom. The number of halogens is 1. The number of carbonyl (C=O) groups is 1. The van der Waals surface area contributed by atoms with Gasteiger partial charge in [-0.15, -0.1) is 16.4 Å². The third kappa shape index (κ3) is 4.63. The number of nitrogens with one attached hydrogen (secondary N) is 3. The van der Waals surface area contributed by atoms with Crippen LogP contribution >= 0.6 is 11.3 Å². The molecular weight excluding hydrogens is 491 g/mol. The summed E-state index contributed by atoms with van der Waals surface area (Å²) in [4.78, 5) is 26.9. The Balaban J connectivity index is 1.87. The van der Waals surface area contributed by atoms with E-state index in [2.05, 4.69) is 15.4 Å². The van der Waals surface area contributed by atoms with Crippen molar-refractivity contribution in [2.75, 3.05) is 19.5 Å². The third-order valence-electron chi connectivity index (χ3n) is 5.29. The van der Waals surface area contributed by atoms with Crippen LogP contribution in [0.25, 0.3) is 5.69 Å². The summed E-state index contributed by atoms with van der Waals surface area (Å²) in [5.74, 6) is -1.82. The molecule has 0 radical (unpaired) electrons. The Labute approximate surface area is 207 Å². The Hall–Kier alpha value is -4.65. The number of carboxylic acid groups (broad SMARTS) is 1. The highest BCUT2D eigenvalue weighted by Gasteiger charge is 2.27. The van der Waals surface area contributed by atoms with Crippen LogP contribution in [-0.2, 0) is 0 Å². The van der Waals surface area contributed by atoms with E-state index in [1.807, 2.05) is 0 Å². The molecule has 0 aliphatic carbocycles. The summed E-state index contributed by atoms with van der Waals surface area (Å²) in [5.41, 5.74) is 5.93. The number of amidine groups is 1. The van der Waals surface area contributed by atoms with Crippen LogP contribution in [0, 0.1) is 11.2 Å². The van der Waals surface area contributed by atoms with Crippen molar-refractivity contribution in [2.24, 2.45) is 5.73 Å². The smallest absolute Gasteiger partial charge is 0.348 e. The minimum Gasteiger partial charge on any atom is -0.497 e.